The van der Waals surface area contributed by atoms with Crippen LogP contribution in [0.1, 0.15) is 30.5 Å². The number of halogens is 3. The van der Waals surface area contributed by atoms with Crippen molar-refractivity contribution in [3.05, 3.63) is 92.4 Å². The molecule has 1 atom stereocenters. The van der Waals surface area contributed by atoms with E-state index in [1.165, 1.54) is 17.0 Å². The van der Waals surface area contributed by atoms with E-state index in [0.29, 0.717) is 32.7 Å². The number of likely N-dealkylation sites (N-methyl/N-ethyl adjacent to an activating group) is 1. The number of amides is 2. The van der Waals surface area contributed by atoms with E-state index >= 15 is 0 Å². The number of rotatable bonds is 10. The number of sulfonamides is 1. The lowest BCUT2D eigenvalue weighted by Crippen LogP contribution is -2.51. The number of anilines is 1. The van der Waals surface area contributed by atoms with E-state index in [9.17, 15) is 18.0 Å². The molecule has 3 aromatic carbocycles. The molecule has 0 radical (unpaired) electrons. The van der Waals surface area contributed by atoms with Gasteiger partial charge in [0.2, 0.25) is 11.8 Å². The summed E-state index contributed by atoms with van der Waals surface area (Å²) < 4.78 is 28.9. The van der Waals surface area contributed by atoms with Gasteiger partial charge in [0.15, 0.2) is 0 Å². The molecule has 11 heteroatoms. The van der Waals surface area contributed by atoms with Crippen LogP contribution in [-0.4, -0.2) is 44.3 Å². The summed E-state index contributed by atoms with van der Waals surface area (Å²) in [6, 6.07) is 15.2. The largest absolute Gasteiger partial charge is 0.355 e. The van der Waals surface area contributed by atoms with Crippen LogP contribution < -0.4 is 9.62 Å². The number of carbonyl (C=O) groups excluding carboxylic acids is 2. The van der Waals surface area contributed by atoms with Crippen LogP contribution in [0.2, 0.25) is 15.1 Å². The van der Waals surface area contributed by atoms with Gasteiger partial charge in [-0.2, -0.15) is 0 Å². The zero-order valence-electron chi connectivity index (χ0n) is 22.0. The first-order valence-electron chi connectivity index (χ1n) is 12.2. The summed E-state index contributed by atoms with van der Waals surface area (Å²) in [4.78, 5) is 28.1. The Morgan fingerprint density at radius 1 is 0.923 bits per heavy atom. The van der Waals surface area contributed by atoms with Crippen molar-refractivity contribution in [2.75, 3.05) is 17.4 Å². The van der Waals surface area contributed by atoms with Crippen molar-refractivity contribution >= 4 is 62.3 Å². The SMILES string of the molecule is CCNC(=O)[C@H](C)N(Cc1ccc(Cl)c(Cl)c1)C(=O)CN(c1cccc(Cl)c1C)S(=O)(=O)c1ccc(C)cc1. The second kappa shape index (κ2) is 13.0. The van der Waals surface area contributed by atoms with Gasteiger partial charge in [-0.1, -0.05) is 64.6 Å². The normalized spacial score (nSPS) is 12.1. The Morgan fingerprint density at radius 2 is 1.59 bits per heavy atom. The summed E-state index contributed by atoms with van der Waals surface area (Å²) >= 11 is 18.6. The number of nitrogens with one attached hydrogen (secondary N) is 1. The van der Waals surface area contributed by atoms with Gasteiger partial charge in [-0.05, 0) is 75.2 Å². The van der Waals surface area contributed by atoms with Gasteiger partial charge in [-0.3, -0.25) is 13.9 Å². The molecule has 0 spiro atoms. The predicted octanol–water partition coefficient (Wildman–Crippen LogP) is 6.01. The first kappa shape index (κ1) is 30.8. The summed E-state index contributed by atoms with van der Waals surface area (Å²) in [6.45, 7) is 6.70. The van der Waals surface area contributed by atoms with Crippen LogP contribution in [0.25, 0.3) is 0 Å². The van der Waals surface area contributed by atoms with Crippen molar-refractivity contribution < 1.29 is 18.0 Å². The monoisotopic (exact) mass is 609 g/mol. The van der Waals surface area contributed by atoms with Crippen molar-refractivity contribution in [2.45, 2.75) is 45.2 Å². The fraction of sp³-hybridized carbons (Fsp3) is 0.286. The number of hydrogen-bond donors (Lipinski definition) is 1. The molecule has 1 N–H and O–H groups in total. The summed E-state index contributed by atoms with van der Waals surface area (Å²) in [5.41, 5.74) is 2.27. The van der Waals surface area contributed by atoms with Gasteiger partial charge in [-0.25, -0.2) is 8.42 Å². The van der Waals surface area contributed by atoms with Crippen molar-refractivity contribution in [1.29, 1.82) is 0 Å². The summed E-state index contributed by atoms with van der Waals surface area (Å²) in [5.74, 6) is -0.965. The number of aryl methyl sites for hydroxylation is 1. The third-order valence-corrected chi connectivity index (χ3v) is 9.17. The minimum atomic E-state index is -4.19. The minimum absolute atomic E-state index is 0.000963. The Morgan fingerprint density at radius 3 is 2.21 bits per heavy atom. The summed E-state index contributed by atoms with van der Waals surface area (Å²) in [6.07, 6.45) is 0. The molecule has 0 bridgehead atoms. The van der Waals surface area contributed by atoms with E-state index in [4.69, 9.17) is 34.8 Å². The number of benzene rings is 3. The van der Waals surface area contributed by atoms with E-state index in [1.807, 2.05) is 6.92 Å². The topological polar surface area (TPSA) is 86.8 Å². The Balaban J connectivity index is 2.08. The van der Waals surface area contributed by atoms with Crippen molar-refractivity contribution in [2.24, 2.45) is 0 Å². The molecule has 2 amide bonds. The maximum atomic E-state index is 13.9. The molecule has 208 valence electrons. The zero-order valence-corrected chi connectivity index (χ0v) is 25.1. The molecule has 0 saturated carbocycles. The molecule has 0 aromatic heterocycles. The number of carbonyl (C=O) groups is 2. The highest BCUT2D eigenvalue weighted by Gasteiger charge is 2.33. The molecule has 0 unspecified atom stereocenters. The maximum Gasteiger partial charge on any atom is 0.264 e. The van der Waals surface area contributed by atoms with Crippen LogP contribution in [0.4, 0.5) is 5.69 Å². The molecular weight excluding hydrogens is 581 g/mol. The van der Waals surface area contributed by atoms with Crippen LogP contribution in [0.5, 0.6) is 0 Å². The highest BCUT2D eigenvalue weighted by molar-refractivity contribution is 7.92. The molecule has 0 aliphatic heterocycles. The van der Waals surface area contributed by atoms with E-state index in [0.717, 1.165) is 9.87 Å². The van der Waals surface area contributed by atoms with Crippen molar-refractivity contribution in [1.82, 2.24) is 10.2 Å². The molecule has 0 aliphatic carbocycles. The maximum absolute atomic E-state index is 13.9. The lowest BCUT2D eigenvalue weighted by atomic mass is 10.1. The lowest BCUT2D eigenvalue weighted by molar-refractivity contribution is -0.139. The second-order valence-electron chi connectivity index (χ2n) is 9.05. The molecular formula is C28H30Cl3N3O4S. The molecule has 0 aliphatic rings. The van der Waals surface area contributed by atoms with Gasteiger partial charge >= 0.3 is 0 Å². The molecule has 0 saturated heterocycles. The first-order valence-corrected chi connectivity index (χ1v) is 14.8. The van der Waals surface area contributed by atoms with Crippen LogP contribution in [0, 0.1) is 13.8 Å². The third kappa shape index (κ3) is 7.25. The van der Waals surface area contributed by atoms with Gasteiger partial charge in [0.25, 0.3) is 10.0 Å². The number of nitrogens with zero attached hydrogens (tertiary/aromatic N) is 2. The van der Waals surface area contributed by atoms with Crippen LogP contribution in [0.3, 0.4) is 0 Å². The molecule has 3 rings (SSSR count). The van der Waals surface area contributed by atoms with Gasteiger partial charge in [0.05, 0.1) is 20.6 Å². The van der Waals surface area contributed by atoms with E-state index in [2.05, 4.69) is 5.32 Å². The average molecular weight is 611 g/mol. The molecule has 3 aromatic rings. The average Bonchev–Trinajstić information content (AvgIpc) is 2.89. The van der Waals surface area contributed by atoms with Crippen LogP contribution in [0.15, 0.2) is 65.6 Å². The quantitative estimate of drug-likeness (QED) is 0.305. The van der Waals surface area contributed by atoms with E-state index < -0.39 is 28.5 Å². The van der Waals surface area contributed by atoms with Crippen molar-refractivity contribution in [3.63, 3.8) is 0 Å². The summed E-state index contributed by atoms with van der Waals surface area (Å²) in [5, 5.41) is 3.72. The van der Waals surface area contributed by atoms with Gasteiger partial charge in [0.1, 0.15) is 12.6 Å². The van der Waals surface area contributed by atoms with Crippen molar-refractivity contribution in [3.8, 4) is 0 Å². The fourth-order valence-electron chi connectivity index (χ4n) is 3.96. The summed E-state index contributed by atoms with van der Waals surface area (Å²) in [7, 11) is -4.19. The first-order chi connectivity index (χ1) is 18.4. The molecule has 0 fully saturated rings. The van der Waals surface area contributed by atoms with Gasteiger partial charge in [-0.15, -0.1) is 0 Å². The van der Waals surface area contributed by atoms with Crippen LogP contribution in [-0.2, 0) is 26.2 Å². The van der Waals surface area contributed by atoms with Crippen LogP contribution >= 0.6 is 34.8 Å². The van der Waals surface area contributed by atoms with E-state index in [1.54, 1.807) is 69.3 Å². The molecule has 0 heterocycles. The smallest absolute Gasteiger partial charge is 0.264 e. The lowest BCUT2D eigenvalue weighted by Gasteiger charge is -2.32. The molecule has 39 heavy (non-hydrogen) atoms. The third-order valence-electron chi connectivity index (χ3n) is 6.25. The Hall–Kier alpha value is -2.78. The number of hydrogen-bond acceptors (Lipinski definition) is 4. The molecule has 7 nitrogen and oxygen atoms in total. The fourth-order valence-corrected chi connectivity index (χ4v) is 5.92. The highest BCUT2D eigenvalue weighted by atomic mass is 35.5. The standard InChI is InChI=1S/C28H30Cl3N3O4S/c1-5-32-28(36)20(4)33(16-21-11-14-24(30)25(31)15-21)27(35)17-34(26-8-6-7-23(29)19(26)3)39(37,38)22-12-9-18(2)10-13-22/h6-15,20H,5,16-17H2,1-4H3,(H,32,36)/t20-/m0/s1. The van der Waals surface area contributed by atoms with E-state index in [-0.39, 0.29) is 23.0 Å². The second-order valence-corrected chi connectivity index (χ2v) is 12.1. The highest BCUT2D eigenvalue weighted by Crippen LogP contribution is 2.31. The predicted molar refractivity (Wildman–Crippen MR) is 157 cm³/mol. The zero-order chi connectivity index (χ0) is 28.9. The van der Waals surface area contributed by atoms with Gasteiger partial charge in [0, 0.05) is 18.1 Å². The Kier molecular flexibility index (Phi) is 10.3. The Labute approximate surface area is 244 Å². The Bertz CT molecular complexity index is 1460. The minimum Gasteiger partial charge on any atom is -0.355 e. The van der Waals surface area contributed by atoms with Gasteiger partial charge < -0.3 is 10.2 Å².